The first-order chi connectivity index (χ1) is 16.0. The number of benzene rings is 2. The number of fused-ring (bicyclic) bond motifs is 1. The van der Waals surface area contributed by atoms with Crippen LogP contribution < -0.4 is 16.7 Å². The molecule has 33 heavy (non-hydrogen) atoms. The van der Waals surface area contributed by atoms with Gasteiger partial charge < -0.3 is 19.5 Å². The topological polar surface area (TPSA) is 87.5 Å². The van der Waals surface area contributed by atoms with E-state index in [1.165, 1.54) is 4.57 Å². The molecule has 0 radical (unpaired) electrons. The highest BCUT2D eigenvalue weighted by Gasteiger charge is 2.34. The van der Waals surface area contributed by atoms with Crippen molar-refractivity contribution < 1.29 is 9.15 Å². The molecule has 0 aliphatic heterocycles. The second kappa shape index (κ2) is 8.46. The predicted molar refractivity (Wildman–Crippen MR) is 129 cm³/mol. The zero-order valence-electron chi connectivity index (χ0n) is 18.5. The molecule has 1 aliphatic carbocycles. The van der Waals surface area contributed by atoms with E-state index in [2.05, 4.69) is 0 Å². The maximum atomic E-state index is 13.7. The van der Waals surface area contributed by atoms with Crippen LogP contribution in [0.5, 0.6) is 0 Å². The molecule has 2 N–H and O–H groups in total. The maximum Gasteiger partial charge on any atom is 0.294 e. The van der Waals surface area contributed by atoms with Crippen molar-refractivity contribution in [3.63, 3.8) is 0 Å². The van der Waals surface area contributed by atoms with Gasteiger partial charge in [-0.05, 0) is 36.5 Å². The Labute approximate surface area is 191 Å². The minimum atomic E-state index is -0.351. The normalized spacial score (nSPS) is 14.8. The number of hydrogen-bond acceptors (Lipinski definition) is 5. The number of hydrogen-bond donors (Lipinski definition) is 1. The van der Waals surface area contributed by atoms with Gasteiger partial charge in [0.1, 0.15) is 5.76 Å². The fourth-order valence-electron chi connectivity index (χ4n) is 4.46. The zero-order valence-corrected chi connectivity index (χ0v) is 18.5. The Morgan fingerprint density at radius 1 is 1.00 bits per heavy atom. The fourth-order valence-corrected chi connectivity index (χ4v) is 4.46. The standard InChI is InChI=1S/C27H26N2O4/c1-32-17-16-29-15-12-21-23(30)22(18-8-10-20(11-9-18)27(28)13-5-14-27)24(33-25(21)26(29)31)19-6-3-2-4-7-19/h2-4,6-12,15H,5,13-14,16-17,28H2,1H3. The molecule has 2 aromatic heterocycles. The molecule has 2 heterocycles. The molecule has 0 unspecified atom stereocenters. The Hall–Kier alpha value is -3.48. The Balaban J connectivity index is 1.73. The third-order valence-electron chi connectivity index (χ3n) is 6.59. The first kappa shape index (κ1) is 21.4. The SMILES string of the molecule is COCCn1ccc2c(=O)c(-c3ccc(C4(N)CCC4)cc3)c(-c3ccccc3)oc2c1=O. The predicted octanol–water partition coefficient (Wildman–Crippen LogP) is 4.27. The first-order valence-corrected chi connectivity index (χ1v) is 11.2. The summed E-state index contributed by atoms with van der Waals surface area (Å²) in [6, 6.07) is 18.9. The van der Waals surface area contributed by atoms with Crippen LogP contribution in [-0.2, 0) is 16.8 Å². The Bertz CT molecular complexity index is 1420. The summed E-state index contributed by atoms with van der Waals surface area (Å²) >= 11 is 0. The number of aromatic nitrogens is 1. The van der Waals surface area contributed by atoms with E-state index in [0.717, 1.165) is 36.0 Å². The lowest BCUT2D eigenvalue weighted by Crippen LogP contribution is -2.43. The number of nitrogens with two attached hydrogens (primary N) is 1. The summed E-state index contributed by atoms with van der Waals surface area (Å²) in [6.45, 7) is 0.758. The minimum absolute atomic E-state index is 0.0493. The minimum Gasteiger partial charge on any atom is -0.449 e. The average Bonchev–Trinajstić information content (AvgIpc) is 2.83. The van der Waals surface area contributed by atoms with Crippen molar-refractivity contribution in [3.05, 3.63) is 93.0 Å². The van der Waals surface area contributed by atoms with Gasteiger partial charge in [-0.3, -0.25) is 9.59 Å². The highest BCUT2D eigenvalue weighted by molar-refractivity contribution is 5.88. The molecule has 1 aliphatic rings. The van der Waals surface area contributed by atoms with Gasteiger partial charge in [0.25, 0.3) is 5.56 Å². The summed E-state index contributed by atoms with van der Waals surface area (Å²) in [5.41, 5.74) is 8.65. The van der Waals surface area contributed by atoms with Crippen molar-refractivity contribution in [3.8, 4) is 22.5 Å². The summed E-state index contributed by atoms with van der Waals surface area (Å²) in [7, 11) is 1.58. The smallest absolute Gasteiger partial charge is 0.294 e. The van der Waals surface area contributed by atoms with E-state index in [1.54, 1.807) is 19.4 Å². The van der Waals surface area contributed by atoms with Crippen LogP contribution in [0.15, 0.2) is 80.9 Å². The van der Waals surface area contributed by atoms with E-state index in [4.69, 9.17) is 14.9 Å². The monoisotopic (exact) mass is 442 g/mol. The van der Waals surface area contributed by atoms with Crippen LogP contribution in [0, 0.1) is 0 Å². The van der Waals surface area contributed by atoms with Crippen molar-refractivity contribution in [2.45, 2.75) is 31.3 Å². The van der Waals surface area contributed by atoms with Gasteiger partial charge in [-0.2, -0.15) is 0 Å². The lowest BCUT2D eigenvalue weighted by molar-refractivity contribution is 0.186. The number of pyridine rings is 1. The number of ether oxygens (including phenoxy) is 1. The van der Waals surface area contributed by atoms with Gasteiger partial charge >= 0.3 is 0 Å². The van der Waals surface area contributed by atoms with Crippen molar-refractivity contribution >= 4 is 11.0 Å². The maximum absolute atomic E-state index is 13.7. The highest BCUT2D eigenvalue weighted by atomic mass is 16.5. The molecule has 6 heteroatoms. The lowest BCUT2D eigenvalue weighted by atomic mass is 9.72. The van der Waals surface area contributed by atoms with Gasteiger partial charge in [-0.1, -0.05) is 54.6 Å². The summed E-state index contributed by atoms with van der Waals surface area (Å²) in [5, 5.41) is 0.265. The van der Waals surface area contributed by atoms with Crippen LogP contribution in [0.25, 0.3) is 33.4 Å². The summed E-state index contributed by atoms with van der Waals surface area (Å²) < 4.78 is 12.8. The molecule has 0 spiro atoms. The number of methoxy groups -OCH3 is 1. The van der Waals surface area contributed by atoms with E-state index < -0.39 is 0 Å². The third kappa shape index (κ3) is 3.71. The summed E-state index contributed by atoms with van der Waals surface area (Å²) in [5.74, 6) is 0.383. The van der Waals surface area contributed by atoms with E-state index in [9.17, 15) is 9.59 Å². The van der Waals surface area contributed by atoms with E-state index in [1.807, 2.05) is 54.6 Å². The summed E-state index contributed by atoms with van der Waals surface area (Å²) in [6.07, 6.45) is 4.68. The molecule has 0 bridgehead atoms. The van der Waals surface area contributed by atoms with Gasteiger partial charge in [0.15, 0.2) is 0 Å². The van der Waals surface area contributed by atoms with Gasteiger partial charge in [-0.25, -0.2) is 0 Å². The third-order valence-corrected chi connectivity index (χ3v) is 6.59. The Morgan fingerprint density at radius 3 is 2.36 bits per heavy atom. The molecular formula is C27H26N2O4. The highest BCUT2D eigenvalue weighted by Crippen LogP contribution is 2.39. The van der Waals surface area contributed by atoms with Crippen LogP contribution in [-0.4, -0.2) is 18.3 Å². The van der Waals surface area contributed by atoms with E-state index in [0.29, 0.717) is 24.5 Å². The van der Waals surface area contributed by atoms with E-state index >= 15 is 0 Å². The van der Waals surface area contributed by atoms with Gasteiger partial charge in [0, 0.05) is 31.0 Å². The molecule has 0 amide bonds. The second-order valence-electron chi connectivity index (χ2n) is 8.64. The van der Waals surface area contributed by atoms with Crippen molar-refractivity contribution in [1.82, 2.24) is 4.57 Å². The fraction of sp³-hybridized carbons (Fsp3) is 0.259. The van der Waals surface area contributed by atoms with E-state index in [-0.39, 0.29) is 27.5 Å². The van der Waals surface area contributed by atoms with Crippen molar-refractivity contribution in [2.24, 2.45) is 5.73 Å². The van der Waals surface area contributed by atoms with Crippen LogP contribution in [0.1, 0.15) is 24.8 Å². The van der Waals surface area contributed by atoms with Crippen LogP contribution in [0.2, 0.25) is 0 Å². The molecule has 5 rings (SSSR count). The average molecular weight is 443 g/mol. The van der Waals surface area contributed by atoms with Crippen molar-refractivity contribution in [2.75, 3.05) is 13.7 Å². The molecule has 1 fully saturated rings. The molecule has 6 nitrogen and oxygen atoms in total. The van der Waals surface area contributed by atoms with Gasteiger partial charge in [-0.15, -0.1) is 0 Å². The van der Waals surface area contributed by atoms with Crippen LogP contribution >= 0.6 is 0 Å². The Kier molecular flexibility index (Phi) is 5.48. The molecular weight excluding hydrogens is 416 g/mol. The van der Waals surface area contributed by atoms with Crippen LogP contribution in [0.4, 0.5) is 0 Å². The molecule has 2 aromatic carbocycles. The quantitative estimate of drug-likeness (QED) is 0.482. The van der Waals surface area contributed by atoms with Crippen LogP contribution in [0.3, 0.4) is 0 Å². The molecule has 0 atom stereocenters. The molecule has 0 saturated heterocycles. The zero-order chi connectivity index (χ0) is 23.0. The van der Waals surface area contributed by atoms with Gasteiger partial charge in [0.2, 0.25) is 11.0 Å². The molecule has 4 aromatic rings. The molecule has 1 saturated carbocycles. The van der Waals surface area contributed by atoms with Crippen molar-refractivity contribution in [1.29, 1.82) is 0 Å². The number of rotatable bonds is 6. The largest absolute Gasteiger partial charge is 0.449 e. The molecule has 168 valence electrons. The van der Waals surface area contributed by atoms with Gasteiger partial charge in [0.05, 0.1) is 17.6 Å². The number of nitrogens with zero attached hydrogens (tertiary/aromatic N) is 1. The lowest BCUT2D eigenvalue weighted by Gasteiger charge is -2.38. The second-order valence-corrected chi connectivity index (χ2v) is 8.64. The Morgan fingerprint density at radius 2 is 1.73 bits per heavy atom. The summed E-state index contributed by atoms with van der Waals surface area (Å²) in [4.78, 5) is 26.8. The first-order valence-electron chi connectivity index (χ1n) is 11.2.